The van der Waals surface area contributed by atoms with Crippen LogP contribution in [-0.2, 0) is 14.7 Å². The second-order valence-electron chi connectivity index (χ2n) is 5.67. The molecule has 0 saturated carbocycles. The minimum absolute atomic E-state index is 0.343. The molecule has 152 valence electrons. The van der Waals surface area contributed by atoms with E-state index in [4.69, 9.17) is 10.1 Å². The topological polar surface area (TPSA) is 68.2 Å². The van der Waals surface area contributed by atoms with Gasteiger partial charge in [-0.25, -0.2) is 14.7 Å². The third-order valence-electron chi connectivity index (χ3n) is 3.38. The minimum atomic E-state index is -0.422. The molecule has 0 fully saturated rings. The fraction of sp³-hybridized carbons (Fsp3) is 0.455. The van der Waals surface area contributed by atoms with Gasteiger partial charge in [0.2, 0.25) is 0 Å². The van der Waals surface area contributed by atoms with Crippen LogP contribution in [0.2, 0.25) is 0 Å². The summed E-state index contributed by atoms with van der Waals surface area (Å²) in [6.07, 6.45) is 26.3. The maximum Gasteiger partial charge on any atom is 0.113 e. The molecule has 0 aromatic carbocycles. The average molecular weight is 379 g/mol. The van der Waals surface area contributed by atoms with E-state index in [9.17, 15) is 5.11 Å². The van der Waals surface area contributed by atoms with Crippen molar-refractivity contribution in [2.45, 2.75) is 51.2 Å². The number of allylic oxidation sites excluding steroid dienone is 9. The lowest BCUT2D eigenvalue weighted by Crippen LogP contribution is -2.10. The van der Waals surface area contributed by atoms with Crippen LogP contribution in [0.1, 0.15) is 39.0 Å². The second kappa shape index (κ2) is 20.6. The number of aliphatic hydroxyl groups is 1. The first kappa shape index (κ1) is 25.2. The summed E-state index contributed by atoms with van der Waals surface area (Å²) < 4.78 is 0. The van der Waals surface area contributed by atoms with E-state index in [1.807, 2.05) is 42.5 Å². The van der Waals surface area contributed by atoms with Crippen molar-refractivity contribution in [1.82, 2.24) is 0 Å². The van der Waals surface area contributed by atoms with Crippen LogP contribution in [0.5, 0.6) is 0 Å². The van der Waals surface area contributed by atoms with E-state index < -0.39 is 12.2 Å². The van der Waals surface area contributed by atoms with Gasteiger partial charge in [0.05, 0.1) is 19.8 Å². The zero-order chi connectivity index (χ0) is 20.0. The summed E-state index contributed by atoms with van der Waals surface area (Å²) in [5.74, 6) is 0. The molecule has 0 saturated heterocycles. The van der Waals surface area contributed by atoms with E-state index in [0.717, 1.165) is 19.3 Å². The van der Waals surface area contributed by atoms with Crippen LogP contribution in [-0.4, -0.2) is 36.3 Å². The van der Waals surface area contributed by atoms with Gasteiger partial charge in [-0.1, -0.05) is 79.8 Å². The van der Waals surface area contributed by atoms with Crippen LogP contribution in [0.25, 0.3) is 0 Å². The molecule has 0 aliphatic rings. The summed E-state index contributed by atoms with van der Waals surface area (Å²) >= 11 is 0. The van der Waals surface area contributed by atoms with Crippen LogP contribution in [0.15, 0.2) is 72.9 Å². The number of aliphatic hydroxyl groups excluding tert-OH is 1. The molecule has 0 heterocycles. The Morgan fingerprint density at radius 1 is 0.852 bits per heavy atom. The standard InChI is InChI=1S/C22H34O5/c1-3-4-13-16-21(23)17-14-11-9-7-5-6-8-10-12-15-18-22(27-24)19-20-26-25-2/h4-6,9-15,17-18,21-24H,3,7-8,16,19-20H2,1-2H3/b6-5-,11-9-,12-10-,13-4-,17-14+,18-15+/t21-,22-/m1/s1. The molecule has 0 spiro atoms. The monoisotopic (exact) mass is 378 g/mol. The molecule has 0 aromatic heterocycles. The lowest BCUT2D eigenvalue weighted by Gasteiger charge is -2.06. The van der Waals surface area contributed by atoms with E-state index in [1.165, 1.54) is 7.11 Å². The van der Waals surface area contributed by atoms with Crippen molar-refractivity contribution in [2.75, 3.05) is 13.7 Å². The zero-order valence-electron chi connectivity index (χ0n) is 16.4. The van der Waals surface area contributed by atoms with Gasteiger partial charge in [0.25, 0.3) is 0 Å². The quantitative estimate of drug-likeness (QED) is 0.129. The van der Waals surface area contributed by atoms with Gasteiger partial charge in [-0.05, 0) is 25.7 Å². The molecule has 0 aliphatic heterocycles. The third kappa shape index (κ3) is 18.8. The molecule has 0 rings (SSSR count). The average Bonchev–Trinajstić information content (AvgIpc) is 2.67. The maximum absolute atomic E-state index is 9.69. The molecule has 5 nitrogen and oxygen atoms in total. The van der Waals surface area contributed by atoms with E-state index in [-0.39, 0.29) is 0 Å². The van der Waals surface area contributed by atoms with Gasteiger partial charge in [0, 0.05) is 6.42 Å². The lowest BCUT2D eigenvalue weighted by molar-refractivity contribution is -0.295. The first-order valence-electron chi connectivity index (χ1n) is 9.35. The van der Waals surface area contributed by atoms with Gasteiger partial charge < -0.3 is 5.11 Å². The number of hydrogen-bond acceptors (Lipinski definition) is 5. The Hall–Kier alpha value is -1.76. The first-order valence-corrected chi connectivity index (χ1v) is 9.35. The number of rotatable bonds is 16. The number of hydrogen-bond donors (Lipinski definition) is 2. The zero-order valence-corrected chi connectivity index (χ0v) is 16.4. The van der Waals surface area contributed by atoms with E-state index >= 15 is 0 Å². The Morgan fingerprint density at radius 3 is 2.11 bits per heavy atom. The van der Waals surface area contributed by atoms with Crippen molar-refractivity contribution >= 4 is 0 Å². The highest BCUT2D eigenvalue weighted by molar-refractivity contribution is 5.09. The summed E-state index contributed by atoms with van der Waals surface area (Å²) in [4.78, 5) is 13.5. The van der Waals surface area contributed by atoms with E-state index in [2.05, 4.69) is 34.9 Å². The molecule has 0 unspecified atom stereocenters. The summed E-state index contributed by atoms with van der Waals surface area (Å²) in [6.45, 7) is 2.42. The van der Waals surface area contributed by atoms with Gasteiger partial charge in [0.15, 0.2) is 0 Å². The molecule has 2 atom stereocenters. The van der Waals surface area contributed by atoms with E-state index in [0.29, 0.717) is 19.4 Å². The SMILES string of the molecule is CC/C=C\C[C@@H](O)/C=C/C=C\C/C=C\C/C=C\C=C\[C@H](CCOOC)OO. The summed E-state index contributed by atoms with van der Waals surface area (Å²) in [6, 6.07) is 0. The molecule has 0 radical (unpaired) electrons. The predicted octanol–water partition coefficient (Wildman–Crippen LogP) is 5.09. The van der Waals surface area contributed by atoms with Gasteiger partial charge in [-0.2, -0.15) is 0 Å². The fourth-order valence-corrected chi connectivity index (χ4v) is 1.96. The molecular formula is C22H34O5. The van der Waals surface area contributed by atoms with Crippen molar-refractivity contribution in [1.29, 1.82) is 0 Å². The van der Waals surface area contributed by atoms with E-state index in [1.54, 1.807) is 12.2 Å². The predicted molar refractivity (Wildman–Crippen MR) is 110 cm³/mol. The molecule has 0 aliphatic carbocycles. The van der Waals surface area contributed by atoms with Crippen LogP contribution < -0.4 is 0 Å². The molecule has 5 heteroatoms. The van der Waals surface area contributed by atoms with Crippen molar-refractivity contribution in [3.8, 4) is 0 Å². The van der Waals surface area contributed by atoms with Gasteiger partial charge in [0.1, 0.15) is 6.10 Å². The summed E-state index contributed by atoms with van der Waals surface area (Å²) in [7, 11) is 1.44. The highest BCUT2D eigenvalue weighted by atomic mass is 17.2. The third-order valence-corrected chi connectivity index (χ3v) is 3.38. The van der Waals surface area contributed by atoms with Crippen molar-refractivity contribution in [3.05, 3.63) is 72.9 Å². The molecular weight excluding hydrogens is 344 g/mol. The molecule has 2 N–H and O–H groups in total. The largest absolute Gasteiger partial charge is 0.389 e. The minimum Gasteiger partial charge on any atom is -0.389 e. The summed E-state index contributed by atoms with van der Waals surface area (Å²) in [5.41, 5.74) is 0. The lowest BCUT2D eigenvalue weighted by atomic mass is 10.2. The Labute approximate surface area is 163 Å². The van der Waals surface area contributed by atoms with Gasteiger partial charge in [-0.15, -0.1) is 0 Å². The van der Waals surface area contributed by atoms with Crippen molar-refractivity contribution in [2.24, 2.45) is 0 Å². The molecule has 0 amide bonds. The smallest absolute Gasteiger partial charge is 0.113 e. The highest BCUT2D eigenvalue weighted by Crippen LogP contribution is 2.01. The molecule has 27 heavy (non-hydrogen) atoms. The molecule has 0 bridgehead atoms. The Bertz CT molecular complexity index is 489. The molecule has 0 aromatic rings. The Kier molecular flexibility index (Phi) is 19.2. The Morgan fingerprint density at radius 2 is 1.52 bits per heavy atom. The van der Waals surface area contributed by atoms with Gasteiger partial charge in [-0.3, -0.25) is 5.26 Å². The maximum atomic E-state index is 9.69. The van der Waals surface area contributed by atoms with Crippen molar-refractivity contribution < 1.29 is 25.0 Å². The van der Waals surface area contributed by atoms with Gasteiger partial charge >= 0.3 is 0 Å². The normalized spacial score (nSPS) is 15.6. The van der Waals surface area contributed by atoms with Crippen LogP contribution >= 0.6 is 0 Å². The van der Waals surface area contributed by atoms with Crippen LogP contribution in [0.4, 0.5) is 0 Å². The highest BCUT2D eigenvalue weighted by Gasteiger charge is 2.03. The Balaban J connectivity index is 3.85. The fourth-order valence-electron chi connectivity index (χ4n) is 1.96. The van der Waals surface area contributed by atoms with Crippen molar-refractivity contribution in [3.63, 3.8) is 0 Å². The second-order valence-corrected chi connectivity index (χ2v) is 5.67. The van der Waals surface area contributed by atoms with Crippen LogP contribution in [0, 0.1) is 0 Å². The summed E-state index contributed by atoms with van der Waals surface area (Å²) in [5, 5.41) is 18.4. The van der Waals surface area contributed by atoms with Crippen LogP contribution in [0.3, 0.4) is 0 Å². The first-order chi connectivity index (χ1) is 13.2.